The Hall–Kier alpha value is -1.61. The van der Waals surface area contributed by atoms with Gasteiger partial charge in [-0.2, -0.15) is 5.10 Å². The molecule has 4 rings (SSSR count). The van der Waals surface area contributed by atoms with E-state index in [2.05, 4.69) is 35.6 Å². The molecule has 2 aliphatic carbocycles. The Balaban J connectivity index is 1.42. The van der Waals surface area contributed by atoms with Crippen LogP contribution in [0.15, 0.2) is 36.7 Å². The number of fused-ring (bicyclic) bond motifs is 3. The van der Waals surface area contributed by atoms with E-state index < -0.39 is 0 Å². The summed E-state index contributed by atoms with van der Waals surface area (Å²) in [4.78, 5) is 0. The van der Waals surface area contributed by atoms with E-state index in [9.17, 15) is 0 Å². The third-order valence-corrected chi connectivity index (χ3v) is 5.41. The summed E-state index contributed by atoms with van der Waals surface area (Å²) in [5.41, 5.74) is 11.0. The SMILES string of the molecule is Cn1cc(CCC(N)C2C3CCc4ccccc4C32)cn1. The lowest BCUT2D eigenvalue weighted by Gasteiger charge is -2.13. The van der Waals surface area contributed by atoms with Crippen LogP contribution in [0.2, 0.25) is 0 Å². The minimum atomic E-state index is 0.325. The molecule has 3 nitrogen and oxygen atoms in total. The molecule has 0 amide bonds. The fraction of sp³-hybridized carbons (Fsp3) is 0.500. The van der Waals surface area contributed by atoms with Crippen LogP contribution in [0.25, 0.3) is 0 Å². The van der Waals surface area contributed by atoms with Crippen LogP contribution in [0.1, 0.15) is 35.4 Å². The van der Waals surface area contributed by atoms with Crippen LogP contribution < -0.4 is 5.73 Å². The van der Waals surface area contributed by atoms with Crippen LogP contribution in [0, 0.1) is 11.8 Å². The Morgan fingerprint density at radius 2 is 2.24 bits per heavy atom. The molecule has 4 unspecified atom stereocenters. The quantitative estimate of drug-likeness (QED) is 0.936. The Morgan fingerprint density at radius 3 is 3.05 bits per heavy atom. The van der Waals surface area contributed by atoms with Crippen molar-refractivity contribution < 1.29 is 0 Å². The van der Waals surface area contributed by atoms with Gasteiger partial charge in [0, 0.05) is 19.3 Å². The molecule has 110 valence electrons. The summed E-state index contributed by atoms with van der Waals surface area (Å²) < 4.78 is 1.87. The first-order valence-electron chi connectivity index (χ1n) is 8.05. The Labute approximate surface area is 126 Å². The molecule has 1 heterocycles. The molecule has 0 aliphatic heterocycles. The topological polar surface area (TPSA) is 43.8 Å². The molecule has 1 saturated carbocycles. The summed E-state index contributed by atoms with van der Waals surface area (Å²) in [6.45, 7) is 0. The molecule has 1 aromatic heterocycles. The highest BCUT2D eigenvalue weighted by molar-refractivity contribution is 5.40. The summed E-state index contributed by atoms with van der Waals surface area (Å²) in [6.07, 6.45) is 8.75. The second-order valence-corrected chi connectivity index (χ2v) is 6.73. The van der Waals surface area contributed by atoms with E-state index in [1.165, 1.54) is 18.4 Å². The van der Waals surface area contributed by atoms with Gasteiger partial charge < -0.3 is 5.73 Å². The second kappa shape index (κ2) is 4.99. The first-order chi connectivity index (χ1) is 10.2. The molecule has 0 bridgehead atoms. The van der Waals surface area contributed by atoms with Crippen LogP contribution in [0.4, 0.5) is 0 Å². The molecule has 3 heteroatoms. The van der Waals surface area contributed by atoms with Crippen molar-refractivity contribution in [2.24, 2.45) is 24.6 Å². The summed E-state index contributed by atoms with van der Waals surface area (Å²) >= 11 is 0. The van der Waals surface area contributed by atoms with Crippen molar-refractivity contribution in [3.05, 3.63) is 53.3 Å². The van der Waals surface area contributed by atoms with E-state index in [4.69, 9.17) is 5.73 Å². The molecular weight excluding hydrogens is 258 g/mol. The molecule has 0 radical (unpaired) electrons. The van der Waals surface area contributed by atoms with Gasteiger partial charge in [0.2, 0.25) is 0 Å². The second-order valence-electron chi connectivity index (χ2n) is 6.73. The standard InChI is InChI=1S/C18H23N3/c1-21-11-12(10-20-21)6-9-16(19)18-15-8-7-13-4-2-3-5-14(13)17(15)18/h2-5,10-11,15-18H,6-9,19H2,1H3. The van der Waals surface area contributed by atoms with Gasteiger partial charge in [-0.15, -0.1) is 0 Å². The van der Waals surface area contributed by atoms with Gasteiger partial charge in [-0.1, -0.05) is 24.3 Å². The smallest absolute Gasteiger partial charge is 0.0521 e. The largest absolute Gasteiger partial charge is 0.327 e. The molecule has 2 aliphatic rings. The zero-order valence-corrected chi connectivity index (χ0v) is 12.6. The summed E-state index contributed by atoms with van der Waals surface area (Å²) in [7, 11) is 1.97. The maximum absolute atomic E-state index is 6.52. The normalized spacial score (nSPS) is 27.8. The number of benzene rings is 1. The maximum atomic E-state index is 6.52. The number of aromatic nitrogens is 2. The predicted octanol–water partition coefficient (Wildman–Crippen LogP) is 2.66. The van der Waals surface area contributed by atoms with Gasteiger partial charge in [0.15, 0.2) is 0 Å². The van der Waals surface area contributed by atoms with E-state index >= 15 is 0 Å². The van der Waals surface area contributed by atoms with Crippen LogP contribution in [0.3, 0.4) is 0 Å². The molecule has 0 spiro atoms. The van der Waals surface area contributed by atoms with Crippen molar-refractivity contribution in [1.82, 2.24) is 9.78 Å². The number of nitrogens with two attached hydrogens (primary N) is 1. The Kier molecular flexibility index (Phi) is 3.11. The Morgan fingerprint density at radius 1 is 1.38 bits per heavy atom. The van der Waals surface area contributed by atoms with Crippen LogP contribution in [0.5, 0.6) is 0 Å². The number of hydrogen-bond donors (Lipinski definition) is 1. The van der Waals surface area contributed by atoms with Gasteiger partial charge in [0.25, 0.3) is 0 Å². The molecule has 4 atom stereocenters. The van der Waals surface area contributed by atoms with E-state index in [0.29, 0.717) is 12.0 Å². The molecule has 2 N–H and O–H groups in total. The summed E-state index contributed by atoms with van der Waals surface area (Å²) in [6, 6.07) is 9.28. The van der Waals surface area contributed by atoms with Crippen molar-refractivity contribution >= 4 is 0 Å². The van der Waals surface area contributed by atoms with Crippen molar-refractivity contribution in [3.8, 4) is 0 Å². The summed E-state index contributed by atoms with van der Waals surface area (Å²) in [5.74, 6) is 2.27. The van der Waals surface area contributed by atoms with Gasteiger partial charge in [0.05, 0.1) is 6.20 Å². The van der Waals surface area contributed by atoms with Crippen LogP contribution >= 0.6 is 0 Å². The highest BCUT2D eigenvalue weighted by atomic mass is 15.2. The van der Waals surface area contributed by atoms with Crippen molar-refractivity contribution in [3.63, 3.8) is 0 Å². The van der Waals surface area contributed by atoms with Crippen molar-refractivity contribution in [2.75, 3.05) is 0 Å². The van der Waals surface area contributed by atoms with Crippen LogP contribution in [-0.4, -0.2) is 15.8 Å². The lowest BCUT2D eigenvalue weighted by molar-refractivity contribution is 0.504. The molecule has 2 aromatic rings. The lowest BCUT2D eigenvalue weighted by Crippen LogP contribution is -2.24. The van der Waals surface area contributed by atoms with Crippen molar-refractivity contribution in [2.45, 2.75) is 37.6 Å². The Bertz CT molecular complexity index is 645. The van der Waals surface area contributed by atoms with Gasteiger partial charge in [0.1, 0.15) is 0 Å². The molecule has 0 saturated heterocycles. The average Bonchev–Trinajstić information content (AvgIpc) is 3.11. The number of hydrogen-bond acceptors (Lipinski definition) is 2. The first-order valence-corrected chi connectivity index (χ1v) is 8.05. The number of nitrogens with zero attached hydrogens (tertiary/aromatic N) is 2. The highest BCUT2D eigenvalue weighted by Gasteiger charge is 2.55. The molecule has 1 fully saturated rings. The summed E-state index contributed by atoms with van der Waals surface area (Å²) in [5, 5.41) is 4.23. The third-order valence-electron chi connectivity index (χ3n) is 5.41. The van der Waals surface area contributed by atoms with Gasteiger partial charge >= 0.3 is 0 Å². The fourth-order valence-corrected chi connectivity index (χ4v) is 4.33. The maximum Gasteiger partial charge on any atom is 0.0521 e. The zero-order valence-electron chi connectivity index (χ0n) is 12.6. The molecule has 21 heavy (non-hydrogen) atoms. The monoisotopic (exact) mass is 281 g/mol. The van der Waals surface area contributed by atoms with E-state index in [-0.39, 0.29) is 0 Å². The van der Waals surface area contributed by atoms with Gasteiger partial charge in [-0.25, -0.2) is 0 Å². The van der Waals surface area contributed by atoms with E-state index in [1.54, 1.807) is 11.1 Å². The third kappa shape index (κ3) is 2.30. The van der Waals surface area contributed by atoms with Gasteiger partial charge in [-0.3, -0.25) is 4.68 Å². The average molecular weight is 281 g/mol. The van der Waals surface area contributed by atoms with Crippen LogP contribution in [-0.2, 0) is 19.9 Å². The first kappa shape index (κ1) is 13.1. The fourth-order valence-electron chi connectivity index (χ4n) is 4.33. The zero-order chi connectivity index (χ0) is 14.4. The minimum absolute atomic E-state index is 0.325. The number of rotatable bonds is 4. The lowest BCUT2D eigenvalue weighted by atomic mass is 9.92. The van der Waals surface area contributed by atoms with E-state index in [0.717, 1.165) is 24.7 Å². The van der Waals surface area contributed by atoms with Crippen molar-refractivity contribution in [1.29, 1.82) is 0 Å². The molecule has 1 aromatic carbocycles. The number of aryl methyl sites for hydroxylation is 3. The highest BCUT2D eigenvalue weighted by Crippen LogP contribution is 2.61. The molecular formula is C18H23N3. The van der Waals surface area contributed by atoms with Gasteiger partial charge in [-0.05, 0) is 60.1 Å². The minimum Gasteiger partial charge on any atom is -0.327 e. The van der Waals surface area contributed by atoms with E-state index in [1.807, 2.05) is 17.9 Å². The predicted molar refractivity (Wildman–Crippen MR) is 84.0 cm³/mol.